The smallest absolute Gasteiger partial charge is 0.433 e. The molecule has 0 radical (unpaired) electrons. The van der Waals surface area contributed by atoms with E-state index in [-0.39, 0.29) is 0 Å². The van der Waals surface area contributed by atoms with E-state index in [9.17, 15) is 0 Å². The zero-order chi connectivity index (χ0) is 21.6. The summed E-state index contributed by atoms with van der Waals surface area (Å²) in [6, 6.07) is 33.0. The van der Waals surface area contributed by atoms with Gasteiger partial charge in [-0.3, -0.25) is 0 Å². The third kappa shape index (κ3) is 3.17. The Morgan fingerprint density at radius 1 is 0.613 bits per heavy atom. The van der Waals surface area contributed by atoms with E-state index in [0.29, 0.717) is 0 Å². The second-order valence-corrected chi connectivity index (χ2v) is 11.6. The Balaban J connectivity index is 1.85. The van der Waals surface area contributed by atoms with Crippen LogP contribution >= 0.6 is 0 Å². The van der Waals surface area contributed by atoms with Gasteiger partial charge in [0.2, 0.25) is 0 Å². The number of nitrogens with zero attached hydrogens (tertiary/aromatic N) is 1. The molecule has 4 aromatic carbocycles. The zero-order valence-electron chi connectivity index (χ0n) is 18.5. The van der Waals surface area contributed by atoms with Crippen molar-refractivity contribution in [2.45, 2.75) is 27.7 Å². The third-order valence-electron chi connectivity index (χ3n) is 6.29. The maximum absolute atomic E-state index is 7.11. The molecule has 0 spiro atoms. The van der Waals surface area contributed by atoms with Crippen LogP contribution in [0.15, 0.2) is 91.0 Å². The number of aryl methyl sites for hydroxylation is 4. The number of fused-ring (bicyclic) bond motifs is 1. The summed E-state index contributed by atoms with van der Waals surface area (Å²) in [6.07, 6.45) is 0. The Morgan fingerprint density at radius 3 is 1.68 bits per heavy atom. The normalized spacial score (nSPS) is 14.3. The second kappa shape index (κ2) is 7.43. The minimum Gasteiger partial charge on any atom is -0.516 e. The van der Waals surface area contributed by atoms with Crippen molar-refractivity contribution in [3.8, 4) is 5.75 Å². The van der Waals surface area contributed by atoms with E-state index in [1.807, 2.05) is 0 Å². The van der Waals surface area contributed by atoms with Crippen molar-refractivity contribution in [1.29, 1.82) is 0 Å². The summed E-state index contributed by atoms with van der Waals surface area (Å²) in [5.74, 6) is 0.972. The first-order valence-electron chi connectivity index (χ1n) is 10.8. The lowest BCUT2D eigenvalue weighted by molar-refractivity contribution is 0.587. The highest BCUT2D eigenvalue weighted by atomic mass is 28.4. The molecule has 0 N–H and O–H groups in total. The van der Waals surface area contributed by atoms with Crippen LogP contribution in [0, 0.1) is 27.7 Å². The molecule has 3 heteroatoms. The van der Waals surface area contributed by atoms with Crippen LogP contribution in [0.25, 0.3) is 0 Å². The lowest BCUT2D eigenvalue weighted by Gasteiger charge is -2.36. The van der Waals surface area contributed by atoms with Gasteiger partial charge in [-0.25, -0.2) is 0 Å². The molecule has 0 saturated carbocycles. The molecule has 31 heavy (non-hydrogen) atoms. The van der Waals surface area contributed by atoms with Crippen molar-refractivity contribution >= 4 is 30.2 Å². The summed E-state index contributed by atoms with van der Waals surface area (Å²) in [7, 11) is -2.82. The molecule has 1 heterocycles. The Labute approximate surface area is 186 Å². The molecule has 0 aromatic heterocycles. The first kappa shape index (κ1) is 19.6. The van der Waals surface area contributed by atoms with E-state index < -0.39 is 8.48 Å². The van der Waals surface area contributed by atoms with Gasteiger partial charge in [-0.2, -0.15) is 0 Å². The third-order valence-corrected chi connectivity index (χ3v) is 10.2. The summed E-state index contributed by atoms with van der Waals surface area (Å²) < 4.78 is 9.60. The van der Waals surface area contributed by atoms with Crippen LogP contribution < -0.4 is 19.4 Å². The predicted octanol–water partition coefficient (Wildman–Crippen LogP) is 5.71. The first-order chi connectivity index (χ1) is 15.0. The number of anilines is 2. The van der Waals surface area contributed by atoms with E-state index in [0.717, 1.165) is 17.1 Å². The number of hydrogen-bond acceptors (Lipinski definition) is 2. The molecular weight excluding hydrogens is 394 g/mol. The molecule has 154 valence electrons. The standard InChI is InChI=1S/C28H27NOSi/c1-20-10-14-25(15-11-20)31(26-16-12-21(2)13-17-26)29(24-8-6-5-7-9-24)27-18-22(3)23(4)19-28(27)30-31/h5-19H,1-4H3. The fourth-order valence-corrected chi connectivity index (χ4v) is 8.33. The molecule has 0 saturated heterocycles. The molecule has 5 rings (SSSR count). The summed E-state index contributed by atoms with van der Waals surface area (Å²) >= 11 is 0. The van der Waals surface area contributed by atoms with Crippen molar-refractivity contribution in [2.24, 2.45) is 0 Å². The van der Waals surface area contributed by atoms with E-state index in [4.69, 9.17) is 4.43 Å². The topological polar surface area (TPSA) is 12.5 Å². The van der Waals surface area contributed by atoms with Gasteiger partial charge in [0.1, 0.15) is 5.75 Å². The van der Waals surface area contributed by atoms with Gasteiger partial charge in [-0.05, 0) is 63.1 Å². The largest absolute Gasteiger partial charge is 0.516 e. The van der Waals surface area contributed by atoms with Crippen LogP contribution in [0.3, 0.4) is 0 Å². The SMILES string of the molecule is Cc1ccc([Si]2(c3ccc(C)cc3)Oc3cc(C)c(C)cc3N2c2ccccc2)cc1. The summed E-state index contributed by atoms with van der Waals surface area (Å²) in [5.41, 5.74) is 7.36. The highest BCUT2D eigenvalue weighted by Gasteiger charge is 2.55. The molecule has 4 aromatic rings. The fraction of sp³-hybridized carbons (Fsp3) is 0.143. The molecule has 0 unspecified atom stereocenters. The monoisotopic (exact) mass is 421 g/mol. The maximum atomic E-state index is 7.11. The average Bonchev–Trinajstić information content (AvgIpc) is 3.10. The number of hydrogen-bond donors (Lipinski definition) is 0. The minimum atomic E-state index is -2.82. The quantitative estimate of drug-likeness (QED) is 0.393. The van der Waals surface area contributed by atoms with E-state index in [1.165, 1.54) is 32.6 Å². The van der Waals surface area contributed by atoms with E-state index in [2.05, 4.69) is 123 Å². The maximum Gasteiger partial charge on any atom is 0.433 e. The van der Waals surface area contributed by atoms with Crippen molar-refractivity contribution in [1.82, 2.24) is 0 Å². The van der Waals surface area contributed by atoms with Gasteiger partial charge in [0.05, 0.1) is 5.69 Å². The Kier molecular flexibility index (Phi) is 4.71. The Bertz CT molecular complexity index is 1190. The van der Waals surface area contributed by atoms with Gasteiger partial charge in [0.15, 0.2) is 0 Å². The number of para-hydroxylation sites is 1. The Morgan fingerprint density at radius 2 is 1.13 bits per heavy atom. The van der Waals surface area contributed by atoms with Crippen molar-refractivity contribution in [3.63, 3.8) is 0 Å². The number of benzene rings is 4. The van der Waals surface area contributed by atoms with E-state index in [1.54, 1.807) is 0 Å². The van der Waals surface area contributed by atoms with Gasteiger partial charge in [0.25, 0.3) is 0 Å². The van der Waals surface area contributed by atoms with Gasteiger partial charge < -0.3 is 8.99 Å². The first-order valence-corrected chi connectivity index (χ1v) is 12.6. The molecular formula is C28H27NOSi. The van der Waals surface area contributed by atoms with Crippen LogP contribution in [0.5, 0.6) is 5.75 Å². The molecule has 2 nitrogen and oxygen atoms in total. The number of rotatable bonds is 3. The van der Waals surface area contributed by atoms with Gasteiger partial charge in [-0.15, -0.1) is 0 Å². The Hall–Kier alpha value is -3.30. The average molecular weight is 422 g/mol. The van der Waals surface area contributed by atoms with Gasteiger partial charge >= 0.3 is 8.48 Å². The highest BCUT2D eigenvalue weighted by Crippen LogP contribution is 2.46. The fourth-order valence-electron chi connectivity index (χ4n) is 4.40. The molecule has 0 atom stereocenters. The molecule has 1 aliphatic rings. The summed E-state index contributed by atoms with van der Waals surface area (Å²) in [5, 5.41) is 2.50. The zero-order valence-corrected chi connectivity index (χ0v) is 19.5. The molecule has 0 aliphatic carbocycles. The second-order valence-electron chi connectivity index (χ2n) is 8.55. The van der Waals surface area contributed by atoms with Crippen LogP contribution in [-0.2, 0) is 0 Å². The minimum absolute atomic E-state index is 0.972. The lowest BCUT2D eigenvalue weighted by atomic mass is 10.1. The van der Waals surface area contributed by atoms with Crippen molar-refractivity contribution in [3.05, 3.63) is 113 Å². The molecule has 1 aliphatic heterocycles. The molecule has 0 amide bonds. The van der Waals surface area contributed by atoms with Crippen LogP contribution in [-0.4, -0.2) is 8.48 Å². The van der Waals surface area contributed by atoms with Gasteiger partial charge in [-0.1, -0.05) is 77.9 Å². The highest BCUT2D eigenvalue weighted by molar-refractivity contribution is 7.02. The summed E-state index contributed by atoms with van der Waals surface area (Å²) in [6.45, 7) is 8.61. The van der Waals surface area contributed by atoms with Gasteiger partial charge in [0, 0.05) is 16.1 Å². The van der Waals surface area contributed by atoms with Crippen molar-refractivity contribution < 1.29 is 4.43 Å². The molecule has 0 fully saturated rings. The van der Waals surface area contributed by atoms with Crippen molar-refractivity contribution in [2.75, 3.05) is 4.57 Å². The predicted molar refractivity (Wildman–Crippen MR) is 133 cm³/mol. The summed E-state index contributed by atoms with van der Waals surface area (Å²) in [4.78, 5) is 0. The van der Waals surface area contributed by atoms with E-state index >= 15 is 0 Å². The molecule has 0 bridgehead atoms. The van der Waals surface area contributed by atoms with Crippen LogP contribution in [0.1, 0.15) is 22.3 Å². The van der Waals surface area contributed by atoms with Crippen LogP contribution in [0.2, 0.25) is 0 Å². The van der Waals surface area contributed by atoms with Crippen LogP contribution in [0.4, 0.5) is 11.4 Å². The lowest BCUT2D eigenvalue weighted by Crippen LogP contribution is -2.71.